The molecular formula is C35H46O4. The zero-order chi connectivity index (χ0) is 29.1. The number of ketones is 4. The number of carbonyl (C=O) groups is 4. The first-order valence-electron chi connectivity index (χ1n) is 14.6. The molecule has 4 nitrogen and oxygen atoms in total. The van der Waals surface area contributed by atoms with Crippen LogP contribution in [0.4, 0.5) is 0 Å². The van der Waals surface area contributed by atoms with Crippen LogP contribution < -0.4 is 0 Å². The van der Waals surface area contributed by atoms with E-state index in [0.717, 1.165) is 59.1 Å². The maximum atomic E-state index is 13.8. The van der Waals surface area contributed by atoms with E-state index in [1.165, 1.54) is 6.92 Å². The number of benzene rings is 2. The van der Waals surface area contributed by atoms with E-state index in [2.05, 4.69) is 40.7 Å². The van der Waals surface area contributed by atoms with Gasteiger partial charge in [0.2, 0.25) is 0 Å². The van der Waals surface area contributed by atoms with E-state index in [-0.39, 0.29) is 52.7 Å². The van der Waals surface area contributed by atoms with Gasteiger partial charge < -0.3 is 0 Å². The van der Waals surface area contributed by atoms with Gasteiger partial charge in [-0.1, -0.05) is 71.7 Å². The van der Waals surface area contributed by atoms with Crippen LogP contribution in [0.5, 0.6) is 0 Å². The van der Waals surface area contributed by atoms with Crippen LogP contribution in [0.25, 0.3) is 11.1 Å². The molecule has 0 bridgehead atoms. The second-order valence-electron chi connectivity index (χ2n) is 12.7. The molecule has 0 amide bonds. The summed E-state index contributed by atoms with van der Waals surface area (Å²) in [4.78, 5) is 50.7. The highest BCUT2D eigenvalue weighted by atomic mass is 16.1. The molecule has 0 fully saturated rings. The summed E-state index contributed by atoms with van der Waals surface area (Å²) in [5.41, 5.74) is 6.65. The van der Waals surface area contributed by atoms with E-state index in [1.807, 2.05) is 31.2 Å². The van der Waals surface area contributed by atoms with Crippen LogP contribution in [-0.2, 0) is 21.4 Å². The lowest BCUT2D eigenvalue weighted by Crippen LogP contribution is -2.30. The molecule has 2 aromatic carbocycles. The predicted molar refractivity (Wildman–Crippen MR) is 159 cm³/mol. The molecule has 0 saturated heterocycles. The van der Waals surface area contributed by atoms with Crippen LogP contribution in [0, 0.1) is 24.7 Å². The molecule has 3 unspecified atom stereocenters. The summed E-state index contributed by atoms with van der Waals surface area (Å²) in [6.07, 6.45) is 4.63. The van der Waals surface area contributed by atoms with Crippen LogP contribution in [0.2, 0.25) is 0 Å². The Morgan fingerprint density at radius 1 is 1.03 bits per heavy atom. The van der Waals surface area contributed by atoms with Gasteiger partial charge in [0.1, 0.15) is 11.6 Å². The molecule has 0 heterocycles. The maximum Gasteiger partial charge on any atom is 0.163 e. The van der Waals surface area contributed by atoms with Gasteiger partial charge in [-0.05, 0) is 91.2 Å². The molecule has 2 aromatic rings. The van der Waals surface area contributed by atoms with Crippen LogP contribution in [0.3, 0.4) is 0 Å². The van der Waals surface area contributed by atoms with Gasteiger partial charge in [0, 0.05) is 23.5 Å². The van der Waals surface area contributed by atoms with Crippen molar-refractivity contribution in [2.75, 3.05) is 0 Å². The lowest BCUT2D eigenvalue weighted by molar-refractivity contribution is -0.129. The van der Waals surface area contributed by atoms with Gasteiger partial charge in [-0.3, -0.25) is 19.2 Å². The van der Waals surface area contributed by atoms with Crippen molar-refractivity contribution in [3.8, 4) is 11.1 Å². The van der Waals surface area contributed by atoms with Crippen molar-refractivity contribution in [1.29, 1.82) is 0 Å². The summed E-state index contributed by atoms with van der Waals surface area (Å²) < 4.78 is 0. The average Bonchev–Trinajstić information content (AvgIpc) is 2.83. The highest BCUT2D eigenvalue weighted by Gasteiger charge is 2.35. The zero-order valence-electron chi connectivity index (χ0n) is 25.2. The average molecular weight is 531 g/mol. The number of carbonyl (C=O) groups excluding carboxylic acids is 4. The Bertz CT molecular complexity index is 1260. The molecule has 0 aliphatic heterocycles. The Morgan fingerprint density at radius 2 is 1.72 bits per heavy atom. The smallest absolute Gasteiger partial charge is 0.163 e. The molecule has 0 aromatic heterocycles. The lowest BCUT2D eigenvalue weighted by Gasteiger charge is -2.34. The van der Waals surface area contributed by atoms with Crippen molar-refractivity contribution in [2.24, 2.45) is 17.8 Å². The Morgan fingerprint density at radius 3 is 2.28 bits per heavy atom. The minimum absolute atomic E-state index is 0.00341. The predicted octanol–water partition coefficient (Wildman–Crippen LogP) is 8.29. The summed E-state index contributed by atoms with van der Waals surface area (Å²) in [6.45, 7) is 15.8. The number of hydrogen-bond donors (Lipinski definition) is 0. The maximum absolute atomic E-state index is 13.8. The van der Waals surface area contributed by atoms with Crippen LogP contribution in [0.1, 0.15) is 124 Å². The highest BCUT2D eigenvalue weighted by molar-refractivity contribution is 6.03. The van der Waals surface area contributed by atoms with Crippen molar-refractivity contribution >= 4 is 23.1 Å². The SMILES string of the molecule is CCCC(CC1CC(=O)c2c(C)c(C(C)(C)C)cc(-c3cccc(C(C)=O)c3)c2C1)C(CC)C(=O)CC(C)=O. The first-order valence-corrected chi connectivity index (χ1v) is 14.6. The first-order chi connectivity index (χ1) is 18.3. The molecule has 4 heteroatoms. The van der Waals surface area contributed by atoms with Gasteiger partial charge in [-0.15, -0.1) is 0 Å². The van der Waals surface area contributed by atoms with E-state index in [1.54, 1.807) is 6.92 Å². The Labute approximate surface area is 235 Å². The minimum atomic E-state index is -0.151. The van der Waals surface area contributed by atoms with Crippen molar-refractivity contribution in [2.45, 2.75) is 106 Å². The molecule has 0 radical (unpaired) electrons. The summed E-state index contributed by atoms with van der Waals surface area (Å²) in [5.74, 6) is 0.290. The molecule has 3 atom stereocenters. The fourth-order valence-electron chi connectivity index (χ4n) is 6.74. The second-order valence-corrected chi connectivity index (χ2v) is 12.7. The van der Waals surface area contributed by atoms with Gasteiger partial charge in [-0.2, -0.15) is 0 Å². The fourth-order valence-corrected chi connectivity index (χ4v) is 6.74. The largest absolute Gasteiger partial charge is 0.300 e. The van der Waals surface area contributed by atoms with E-state index < -0.39 is 0 Å². The number of hydrogen-bond acceptors (Lipinski definition) is 4. The normalized spacial score (nSPS) is 16.9. The van der Waals surface area contributed by atoms with Crippen LogP contribution in [0.15, 0.2) is 30.3 Å². The molecule has 39 heavy (non-hydrogen) atoms. The van der Waals surface area contributed by atoms with Gasteiger partial charge in [0.25, 0.3) is 0 Å². The fraction of sp³-hybridized carbons (Fsp3) is 0.543. The van der Waals surface area contributed by atoms with Gasteiger partial charge >= 0.3 is 0 Å². The lowest BCUT2D eigenvalue weighted by atomic mass is 9.69. The summed E-state index contributed by atoms with van der Waals surface area (Å²) >= 11 is 0. The number of Topliss-reactive ketones (excluding diaryl/α,β-unsaturated/α-hetero) is 4. The van der Waals surface area contributed by atoms with Crippen molar-refractivity contribution in [3.05, 3.63) is 58.1 Å². The Kier molecular flexibility index (Phi) is 9.85. The van der Waals surface area contributed by atoms with E-state index in [4.69, 9.17) is 0 Å². The standard InChI is InChI=1S/C35H46O4/c1-9-12-26(28(10-2)32(38)15-21(3)36)16-24-17-30-29(27-14-11-13-25(19-27)23(5)37)20-31(35(6,7)8)22(4)34(30)33(39)18-24/h11,13-14,19-20,24,26,28H,9-10,12,15-18H2,1-8H3. The van der Waals surface area contributed by atoms with Gasteiger partial charge in [0.15, 0.2) is 11.6 Å². The Hall–Kier alpha value is -2.88. The monoisotopic (exact) mass is 530 g/mol. The van der Waals surface area contributed by atoms with Gasteiger partial charge in [0.05, 0.1) is 6.42 Å². The van der Waals surface area contributed by atoms with Crippen LogP contribution in [-0.4, -0.2) is 23.1 Å². The van der Waals surface area contributed by atoms with Crippen molar-refractivity contribution in [3.63, 3.8) is 0 Å². The topological polar surface area (TPSA) is 68.3 Å². The molecule has 3 rings (SSSR count). The summed E-state index contributed by atoms with van der Waals surface area (Å²) in [5, 5.41) is 0. The third kappa shape index (κ3) is 7.01. The summed E-state index contributed by atoms with van der Waals surface area (Å²) in [7, 11) is 0. The van der Waals surface area contributed by atoms with E-state index in [0.29, 0.717) is 18.4 Å². The Balaban J connectivity index is 2.10. The molecule has 0 N–H and O–H groups in total. The van der Waals surface area contributed by atoms with Crippen molar-refractivity contribution < 1.29 is 19.2 Å². The van der Waals surface area contributed by atoms with E-state index >= 15 is 0 Å². The number of rotatable bonds is 11. The first kappa shape index (κ1) is 30.7. The molecule has 1 aliphatic rings. The van der Waals surface area contributed by atoms with Crippen LogP contribution >= 0.6 is 0 Å². The minimum Gasteiger partial charge on any atom is -0.300 e. The van der Waals surface area contributed by atoms with Crippen molar-refractivity contribution in [1.82, 2.24) is 0 Å². The molecule has 0 saturated carbocycles. The highest BCUT2D eigenvalue weighted by Crippen LogP contribution is 2.43. The second kappa shape index (κ2) is 12.5. The molecule has 210 valence electrons. The third-order valence-corrected chi connectivity index (χ3v) is 8.47. The third-order valence-electron chi connectivity index (χ3n) is 8.47. The molecule has 0 spiro atoms. The molecular weight excluding hydrogens is 484 g/mol. The number of fused-ring (bicyclic) bond motifs is 1. The van der Waals surface area contributed by atoms with E-state index in [9.17, 15) is 19.2 Å². The van der Waals surface area contributed by atoms with Gasteiger partial charge in [-0.25, -0.2) is 0 Å². The molecule has 1 aliphatic carbocycles. The zero-order valence-corrected chi connectivity index (χ0v) is 25.2. The summed E-state index contributed by atoms with van der Waals surface area (Å²) in [6, 6.07) is 9.97. The quantitative estimate of drug-likeness (QED) is 0.216.